The molecular formula is C24H19NO5S. The lowest BCUT2D eigenvalue weighted by Crippen LogP contribution is -1.93. The maximum absolute atomic E-state index is 10.7. The lowest BCUT2D eigenvalue weighted by atomic mass is 10.1. The van der Waals surface area contributed by atoms with Crippen LogP contribution in [0.3, 0.4) is 0 Å². The van der Waals surface area contributed by atoms with Crippen LogP contribution in [0.5, 0.6) is 23.1 Å². The van der Waals surface area contributed by atoms with Crippen LogP contribution in [0.25, 0.3) is 26.6 Å². The van der Waals surface area contributed by atoms with Gasteiger partial charge in [0.2, 0.25) is 5.88 Å². The highest BCUT2D eigenvalue weighted by Gasteiger charge is 2.19. The zero-order valence-electron chi connectivity index (χ0n) is 16.8. The Kier molecular flexibility index (Phi) is 5.60. The van der Waals surface area contributed by atoms with Crippen molar-refractivity contribution in [3.05, 3.63) is 71.9 Å². The number of pyridine rings is 1. The predicted octanol–water partition coefficient (Wildman–Crippen LogP) is 5.88. The van der Waals surface area contributed by atoms with Gasteiger partial charge in [-0.15, -0.1) is 11.3 Å². The first-order valence-corrected chi connectivity index (χ1v) is 10.2. The number of aliphatic carboxylic acids is 1. The molecule has 31 heavy (non-hydrogen) atoms. The van der Waals surface area contributed by atoms with Crippen molar-refractivity contribution in [3.8, 4) is 33.6 Å². The second kappa shape index (κ2) is 8.49. The standard InChI is InChI=1S/C24H19NO5S/c1-14-18(10-11-21(25-14)29-2)24-23(19-9-6-16(26)13-20(19)31-24)30-17-7-3-15(4-8-17)5-12-22(27)28/h3-13,26H,1-2H3,(H,27,28)/b12-5+. The fourth-order valence-corrected chi connectivity index (χ4v) is 4.40. The number of thiophene rings is 1. The number of hydrogen-bond acceptors (Lipinski definition) is 6. The Bertz CT molecular complexity index is 1290. The zero-order chi connectivity index (χ0) is 22.0. The van der Waals surface area contributed by atoms with Gasteiger partial charge in [-0.25, -0.2) is 9.78 Å². The molecule has 0 unspecified atom stereocenters. The summed E-state index contributed by atoms with van der Waals surface area (Å²) < 4.78 is 12.4. The summed E-state index contributed by atoms with van der Waals surface area (Å²) in [6, 6.07) is 16.1. The van der Waals surface area contributed by atoms with Gasteiger partial charge in [-0.3, -0.25) is 0 Å². The molecule has 6 nitrogen and oxygen atoms in total. The van der Waals surface area contributed by atoms with Crippen molar-refractivity contribution in [3.63, 3.8) is 0 Å². The number of methoxy groups -OCH3 is 1. The maximum atomic E-state index is 10.7. The van der Waals surface area contributed by atoms with Crippen molar-refractivity contribution in [1.29, 1.82) is 0 Å². The summed E-state index contributed by atoms with van der Waals surface area (Å²) >= 11 is 1.51. The normalized spacial score (nSPS) is 11.2. The van der Waals surface area contributed by atoms with Gasteiger partial charge in [0.25, 0.3) is 0 Å². The average Bonchev–Trinajstić information content (AvgIpc) is 3.10. The number of hydrogen-bond donors (Lipinski definition) is 2. The topological polar surface area (TPSA) is 88.9 Å². The molecule has 2 heterocycles. The molecule has 2 aromatic heterocycles. The molecule has 2 N–H and O–H groups in total. The van der Waals surface area contributed by atoms with Crippen molar-refractivity contribution in [2.75, 3.05) is 7.11 Å². The van der Waals surface area contributed by atoms with Gasteiger partial charge in [-0.2, -0.15) is 0 Å². The summed E-state index contributed by atoms with van der Waals surface area (Å²) in [4.78, 5) is 16.1. The Hall–Kier alpha value is -3.84. The molecule has 0 saturated carbocycles. The van der Waals surface area contributed by atoms with Crippen LogP contribution in [0.1, 0.15) is 11.3 Å². The van der Waals surface area contributed by atoms with Gasteiger partial charge < -0.3 is 19.7 Å². The van der Waals surface area contributed by atoms with E-state index in [1.165, 1.54) is 17.4 Å². The zero-order valence-corrected chi connectivity index (χ0v) is 17.6. The third-order valence-electron chi connectivity index (χ3n) is 4.66. The number of carboxylic acid groups (broad SMARTS) is 1. The second-order valence-corrected chi connectivity index (χ2v) is 7.82. The minimum absolute atomic E-state index is 0.186. The molecule has 0 aliphatic carbocycles. The fraction of sp³-hybridized carbons (Fsp3) is 0.0833. The first kappa shape index (κ1) is 20.4. The summed E-state index contributed by atoms with van der Waals surface area (Å²) in [5.41, 5.74) is 2.47. The minimum Gasteiger partial charge on any atom is -0.508 e. The lowest BCUT2D eigenvalue weighted by Gasteiger charge is -2.10. The largest absolute Gasteiger partial charge is 0.508 e. The van der Waals surface area contributed by atoms with E-state index in [1.807, 2.05) is 19.1 Å². The third-order valence-corrected chi connectivity index (χ3v) is 5.83. The average molecular weight is 433 g/mol. The van der Waals surface area contributed by atoms with E-state index in [4.69, 9.17) is 14.6 Å². The number of phenols is 1. The number of aromatic nitrogens is 1. The van der Waals surface area contributed by atoms with E-state index in [0.717, 1.165) is 37.9 Å². The van der Waals surface area contributed by atoms with Crippen LogP contribution >= 0.6 is 11.3 Å². The molecule has 2 aromatic carbocycles. The van der Waals surface area contributed by atoms with E-state index in [0.29, 0.717) is 17.4 Å². The molecule has 0 spiro atoms. The first-order chi connectivity index (χ1) is 14.9. The van der Waals surface area contributed by atoms with Gasteiger partial charge in [0.05, 0.1) is 17.7 Å². The van der Waals surface area contributed by atoms with Crippen LogP contribution < -0.4 is 9.47 Å². The van der Waals surface area contributed by atoms with Gasteiger partial charge >= 0.3 is 5.97 Å². The molecule has 0 aliphatic heterocycles. The van der Waals surface area contributed by atoms with Gasteiger partial charge in [-0.05, 0) is 55.0 Å². The molecule has 0 amide bonds. The quantitative estimate of drug-likeness (QED) is 0.369. The van der Waals surface area contributed by atoms with E-state index < -0.39 is 5.97 Å². The highest BCUT2D eigenvalue weighted by molar-refractivity contribution is 7.22. The summed E-state index contributed by atoms with van der Waals surface area (Å²) in [5, 5.41) is 19.6. The Balaban J connectivity index is 1.78. The Labute approximate surface area is 182 Å². The molecule has 0 radical (unpaired) electrons. The van der Waals surface area contributed by atoms with E-state index in [1.54, 1.807) is 49.6 Å². The second-order valence-electron chi connectivity index (χ2n) is 6.77. The molecule has 0 atom stereocenters. The monoisotopic (exact) mass is 433 g/mol. The summed E-state index contributed by atoms with van der Waals surface area (Å²) in [6.45, 7) is 1.91. The molecule has 4 rings (SSSR count). The van der Waals surface area contributed by atoms with Gasteiger partial charge in [-0.1, -0.05) is 12.1 Å². The Morgan fingerprint density at radius 3 is 2.55 bits per heavy atom. The number of carboxylic acids is 1. The van der Waals surface area contributed by atoms with Crippen molar-refractivity contribution >= 4 is 33.5 Å². The SMILES string of the molecule is COc1ccc(-c2sc3cc(O)ccc3c2Oc2ccc(/C=C/C(=O)O)cc2)c(C)n1. The highest BCUT2D eigenvalue weighted by atomic mass is 32.1. The number of benzene rings is 2. The molecule has 7 heteroatoms. The molecule has 156 valence electrons. The number of fused-ring (bicyclic) bond motifs is 1. The number of aryl methyl sites for hydroxylation is 1. The van der Waals surface area contributed by atoms with Crippen LogP contribution in [-0.2, 0) is 4.79 Å². The Morgan fingerprint density at radius 2 is 1.87 bits per heavy atom. The van der Waals surface area contributed by atoms with Crippen LogP contribution in [0.15, 0.2) is 60.7 Å². The number of rotatable bonds is 6. The third kappa shape index (κ3) is 4.36. The minimum atomic E-state index is -0.999. The molecule has 0 saturated heterocycles. The molecular weight excluding hydrogens is 414 g/mol. The Morgan fingerprint density at radius 1 is 1.10 bits per heavy atom. The van der Waals surface area contributed by atoms with Crippen molar-refractivity contribution < 1.29 is 24.5 Å². The summed E-state index contributed by atoms with van der Waals surface area (Å²) in [5.74, 6) is 1.00. The van der Waals surface area contributed by atoms with Gasteiger partial charge in [0, 0.05) is 27.8 Å². The first-order valence-electron chi connectivity index (χ1n) is 9.41. The van der Waals surface area contributed by atoms with Crippen molar-refractivity contribution in [2.45, 2.75) is 6.92 Å². The molecule has 0 aliphatic rings. The molecule has 0 bridgehead atoms. The highest BCUT2D eigenvalue weighted by Crippen LogP contribution is 2.47. The lowest BCUT2D eigenvalue weighted by molar-refractivity contribution is -0.131. The molecule has 4 aromatic rings. The maximum Gasteiger partial charge on any atom is 0.328 e. The van der Waals surface area contributed by atoms with Crippen LogP contribution in [0, 0.1) is 6.92 Å². The van der Waals surface area contributed by atoms with Crippen LogP contribution in [0.2, 0.25) is 0 Å². The smallest absolute Gasteiger partial charge is 0.328 e. The number of phenolic OH excluding ortho intramolecular Hbond substituents is 1. The molecule has 0 fully saturated rings. The van der Waals surface area contributed by atoms with Crippen molar-refractivity contribution in [2.24, 2.45) is 0 Å². The fourth-order valence-electron chi connectivity index (χ4n) is 3.16. The van der Waals surface area contributed by atoms with Crippen LogP contribution in [0.4, 0.5) is 0 Å². The predicted molar refractivity (Wildman–Crippen MR) is 121 cm³/mol. The van der Waals surface area contributed by atoms with E-state index >= 15 is 0 Å². The van der Waals surface area contributed by atoms with Gasteiger partial charge in [0.1, 0.15) is 11.5 Å². The van der Waals surface area contributed by atoms with Gasteiger partial charge in [0.15, 0.2) is 5.75 Å². The van der Waals surface area contributed by atoms with E-state index in [-0.39, 0.29) is 5.75 Å². The van der Waals surface area contributed by atoms with E-state index in [9.17, 15) is 9.90 Å². The number of carbonyl (C=O) groups is 1. The summed E-state index contributed by atoms with van der Waals surface area (Å²) in [6.07, 6.45) is 2.61. The number of nitrogens with zero attached hydrogens (tertiary/aromatic N) is 1. The number of aromatic hydroxyl groups is 1. The van der Waals surface area contributed by atoms with Crippen LogP contribution in [-0.4, -0.2) is 28.3 Å². The van der Waals surface area contributed by atoms with Crippen molar-refractivity contribution in [1.82, 2.24) is 4.98 Å². The summed E-state index contributed by atoms with van der Waals surface area (Å²) in [7, 11) is 1.58. The van der Waals surface area contributed by atoms with E-state index in [2.05, 4.69) is 4.98 Å². The number of ether oxygens (including phenoxy) is 2.